The summed E-state index contributed by atoms with van der Waals surface area (Å²) in [6.45, 7) is 5.50. The maximum atomic E-state index is 12.5. The van der Waals surface area contributed by atoms with E-state index in [2.05, 4.69) is 10.6 Å². The lowest BCUT2D eigenvalue weighted by atomic mass is 10.2. The summed E-state index contributed by atoms with van der Waals surface area (Å²) in [5, 5.41) is 5.31. The normalized spacial score (nSPS) is 11.2. The van der Waals surface area contributed by atoms with Crippen LogP contribution in [-0.2, 0) is 19.6 Å². The fraction of sp³-hybridized carbons (Fsp3) is 0.300. The predicted molar refractivity (Wildman–Crippen MR) is 111 cm³/mol. The molecule has 0 saturated heterocycles. The Bertz CT molecular complexity index is 954. The van der Waals surface area contributed by atoms with E-state index in [1.165, 1.54) is 35.5 Å². The number of hydrogen-bond donors (Lipinski definition) is 2. The molecule has 2 rings (SSSR count). The molecule has 8 nitrogen and oxygen atoms in total. The van der Waals surface area contributed by atoms with Crippen LogP contribution in [0.1, 0.15) is 20.8 Å². The van der Waals surface area contributed by atoms with E-state index in [4.69, 9.17) is 4.74 Å². The molecule has 0 aliphatic heterocycles. The van der Waals surface area contributed by atoms with Crippen LogP contribution in [0.4, 0.5) is 11.4 Å². The average molecular weight is 420 g/mol. The van der Waals surface area contributed by atoms with Crippen LogP contribution in [-0.4, -0.2) is 44.2 Å². The molecule has 0 radical (unpaired) electrons. The monoisotopic (exact) mass is 419 g/mol. The molecule has 2 N–H and O–H groups in total. The van der Waals surface area contributed by atoms with Gasteiger partial charge in [0.25, 0.3) is 5.91 Å². The Morgan fingerprint density at radius 1 is 0.966 bits per heavy atom. The van der Waals surface area contributed by atoms with Gasteiger partial charge in [-0.2, -0.15) is 4.31 Å². The first-order valence-corrected chi connectivity index (χ1v) is 10.6. The molecule has 0 bridgehead atoms. The number of anilines is 2. The van der Waals surface area contributed by atoms with Crippen molar-refractivity contribution in [3.63, 3.8) is 0 Å². The number of sulfonamides is 1. The quantitative estimate of drug-likeness (QED) is 0.650. The van der Waals surface area contributed by atoms with Gasteiger partial charge < -0.3 is 15.4 Å². The van der Waals surface area contributed by atoms with Gasteiger partial charge >= 0.3 is 0 Å². The zero-order chi connectivity index (χ0) is 21.4. The van der Waals surface area contributed by atoms with Gasteiger partial charge in [0.2, 0.25) is 15.9 Å². The number of nitrogens with zero attached hydrogens (tertiary/aromatic N) is 1. The van der Waals surface area contributed by atoms with Crippen molar-refractivity contribution < 1.29 is 22.7 Å². The molecule has 0 fully saturated rings. The number of nitrogens with one attached hydrogen (secondary N) is 2. The minimum absolute atomic E-state index is 0.174. The van der Waals surface area contributed by atoms with Crippen molar-refractivity contribution in [3.8, 4) is 5.75 Å². The van der Waals surface area contributed by atoms with Crippen LogP contribution in [0.5, 0.6) is 5.75 Å². The largest absolute Gasteiger partial charge is 0.484 e. The number of ether oxygens (including phenoxy) is 1. The lowest BCUT2D eigenvalue weighted by molar-refractivity contribution is -0.118. The Hall–Kier alpha value is -2.91. The van der Waals surface area contributed by atoms with Crippen molar-refractivity contribution in [2.24, 2.45) is 0 Å². The van der Waals surface area contributed by atoms with Gasteiger partial charge in [-0.15, -0.1) is 0 Å². The number of rotatable bonds is 9. The van der Waals surface area contributed by atoms with Crippen molar-refractivity contribution in [1.82, 2.24) is 4.31 Å². The number of carbonyl (C=O) groups excluding carboxylic acids is 2. The third-order valence-electron chi connectivity index (χ3n) is 4.00. The molecule has 2 aromatic carbocycles. The number of carbonyl (C=O) groups is 2. The van der Waals surface area contributed by atoms with Gasteiger partial charge in [0.05, 0.1) is 4.90 Å². The van der Waals surface area contributed by atoms with E-state index in [1.807, 2.05) is 0 Å². The summed E-state index contributed by atoms with van der Waals surface area (Å²) < 4.78 is 31.7. The van der Waals surface area contributed by atoms with E-state index in [9.17, 15) is 18.0 Å². The topological polar surface area (TPSA) is 105 Å². The maximum Gasteiger partial charge on any atom is 0.262 e. The van der Waals surface area contributed by atoms with Gasteiger partial charge in [-0.3, -0.25) is 9.59 Å². The molecule has 9 heteroatoms. The van der Waals surface area contributed by atoms with Crippen molar-refractivity contribution in [2.45, 2.75) is 25.7 Å². The highest BCUT2D eigenvalue weighted by molar-refractivity contribution is 7.89. The summed E-state index contributed by atoms with van der Waals surface area (Å²) >= 11 is 0. The van der Waals surface area contributed by atoms with Crippen LogP contribution in [0.25, 0.3) is 0 Å². The highest BCUT2D eigenvalue weighted by Gasteiger charge is 2.21. The van der Waals surface area contributed by atoms with Gasteiger partial charge in [-0.05, 0) is 42.5 Å². The molecule has 156 valence electrons. The molecule has 0 heterocycles. The third kappa shape index (κ3) is 6.30. The van der Waals surface area contributed by atoms with Crippen molar-refractivity contribution in [1.29, 1.82) is 0 Å². The van der Waals surface area contributed by atoms with Gasteiger partial charge in [0, 0.05) is 31.4 Å². The molecule has 0 aromatic heterocycles. The highest BCUT2D eigenvalue weighted by atomic mass is 32.2. The van der Waals surface area contributed by atoms with E-state index in [-0.39, 0.29) is 23.3 Å². The Morgan fingerprint density at radius 3 is 2.10 bits per heavy atom. The van der Waals surface area contributed by atoms with Gasteiger partial charge in [-0.25, -0.2) is 8.42 Å². The zero-order valence-corrected chi connectivity index (χ0v) is 17.5. The second-order valence-corrected chi connectivity index (χ2v) is 8.10. The second-order valence-electron chi connectivity index (χ2n) is 6.16. The Balaban J connectivity index is 1.95. The minimum atomic E-state index is -3.53. The van der Waals surface area contributed by atoms with Crippen LogP contribution < -0.4 is 15.4 Å². The van der Waals surface area contributed by atoms with Crippen LogP contribution in [0.2, 0.25) is 0 Å². The Kier molecular flexibility index (Phi) is 7.74. The fourth-order valence-electron chi connectivity index (χ4n) is 2.64. The number of amides is 2. The SMILES string of the molecule is CCN(CC)S(=O)(=O)c1ccc(OCC(=O)Nc2cccc(NC(C)=O)c2)cc1. The first kappa shape index (κ1) is 22.4. The molecule has 2 amide bonds. The van der Waals surface area contributed by atoms with E-state index in [0.29, 0.717) is 30.2 Å². The predicted octanol–water partition coefficient (Wildman–Crippen LogP) is 2.69. The Labute approximate surface area is 170 Å². The molecule has 0 unspecified atom stereocenters. The van der Waals surface area contributed by atoms with Crippen molar-refractivity contribution in [3.05, 3.63) is 48.5 Å². The van der Waals surface area contributed by atoms with Crippen LogP contribution in [0.15, 0.2) is 53.4 Å². The van der Waals surface area contributed by atoms with E-state index >= 15 is 0 Å². The molecule has 0 aliphatic rings. The second kappa shape index (κ2) is 10.0. The summed E-state index contributed by atoms with van der Waals surface area (Å²) in [4.78, 5) is 23.4. The summed E-state index contributed by atoms with van der Waals surface area (Å²) in [7, 11) is -3.53. The van der Waals surface area contributed by atoms with E-state index in [0.717, 1.165) is 0 Å². The van der Waals surface area contributed by atoms with Crippen molar-refractivity contribution in [2.75, 3.05) is 30.3 Å². The van der Waals surface area contributed by atoms with Crippen LogP contribution in [0, 0.1) is 0 Å². The first-order chi connectivity index (χ1) is 13.8. The molecular formula is C20H25N3O5S. The minimum Gasteiger partial charge on any atom is -0.484 e. The third-order valence-corrected chi connectivity index (χ3v) is 6.07. The number of hydrogen-bond acceptors (Lipinski definition) is 5. The summed E-state index contributed by atoms with van der Waals surface area (Å²) in [5.41, 5.74) is 1.09. The molecular weight excluding hydrogens is 394 g/mol. The summed E-state index contributed by atoms with van der Waals surface area (Å²) in [6.07, 6.45) is 0. The standard InChI is InChI=1S/C20H25N3O5S/c1-4-23(5-2)29(26,27)19-11-9-18(10-12-19)28-14-20(25)22-17-8-6-7-16(13-17)21-15(3)24/h6-13H,4-5,14H2,1-3H3,(H,21,24)(H,22,25). The number of benzene rings is 2. The van der Waals surface area contributed by atoms with Gasteiger partial charge in [0.15, 0.2) is 6.61 Å². The van der Waals surface area contributed by atoms with E-state index in [1.54, 1.807) is 38.1 Å². The van der Waals surface area contributed by atoms with Crippen LogP contribution >= 0.6 is 0 Å². The maximum absolute atomic E-state index is 12.5. The lowest BCUT2D eigenvalue weighted by Crippen LogP contribution is -2.30. The van der Waals surface area contributed by atoms with Crippen molar-refractivity contribution >= 4 is 33.2 Å². The van der Waals surface area contributed by atoms with E-state index < -0.39 is 10.0 Å². The lowest BCUT2D eigenvalue weighted by Gasteiger charge is -2.18. The fourth-order valence-corrected chi connectivity index (χ4v) is 4.10. The van der Waals surface area contributed by atoms with Crippen LogP contribution in [0.3, 0.4) is 0 Å². The smallest absolute Gasteiger partial charge is 0.262 e. The highest BCUT2D eigenvalue weighted by Crippen LogP contribution is 2.20. The van der Waals surface area contributed by atoms with Gasteiger partial charge in [0.1, 0.15) is 5.75 Å². The first-order valence-electron chi connectivity index (χ1n) is 9.16. The molecule has 0 atom stereocenters. The molecule has 29 heavy (non-hydrogen) atoms. The zero-order valence-electron chi connectivity index (χ0n) is 16.6. The molecule has 2 aromatic rings. The van der Waals surface area contributed by atoms with Gasteiger partial charge in [-0.1, -0.05) is 19.9 Å². The molecule has 0 saturated carbocycles. The molecule has 0 aliphatic carbocycles. The Morgan fingerprint density at radius 2 is 1.55 bits per heavy atom. The summed E-state index contributed by atoms with van der Waals surface area (Å²) in [5.74, 6) is -0.210. The average Bonchev–Trinajstić information content (AvgIpc) is 2.67. The summed E-state index contributed by atoms with van der Waals surface area (Å²) in [6, 6.07) is 12.7. The molecule has 0 spiro atoms.